The van der Waals surface area contributed by atoms with E-state index in [2.05, 4.69) is 52.7 Å². The van der Waals surface area contributed by atoms with E-state index < -0.39 is 7.05 Å². The van der Waals surface area contributed by atoms with E-state index in [-0.39, 0.29) is 18.0 Å². The van der Waals surface area contributed by atoms with Crippen LogP contribution in [0.2, 0.25) is 16.9 Å². The minimum absolute atomic E-state index is 0.0721. The first-order chi connectivity index (χ1) is 17.2. The Morgan fingerprint density at radius 3 is 1.94 bits per heavy atom. The zero-order valence-electron chi connectivity index (χ0n) is 21.6. The van der Waals surface area contributed by atoms with Crippen LogP contribution < -0.4 is 0 Å². The summed E-state index contributed by atoms with van der Waals surface area (Å²) in [6.07, 6.45) is 2.55. The van der Waals surface area contributed by atoms with Gasteiger partial charge in [0.2, 0.25) is 5.91 Å². The van der Waals surface area contributed by atoms with E-state index in [1.165, 1.54) is 11.1 Å². The second-order valence-electron chi connectivity index (χ2n) is 10.7. The molecule has 36 heavy (non-hydrogen) atoms. The second-order valence-corrected chi connectivity index (χ2v) is 11.6. The summed E-state index contributed by atoms with van der Waals surface area (Å²) in [7, 11) is -0.408. The molecule has 2 saturated heterocycles. The van der Waals surface area contributed by atoms with Crippen LogP contribution in [0.4, 0.5) is 0 Å². The third kappa shape index (κ3) is 6.65. The fourth-order valence-corrected chi connectivity index (χ4v) is 6.00. The Labute approximate surface area is 226 Å². The molecule has 0 aliphatic carbocycles. The van der Waals surface area contributed by atoms with Crippen LogP contribution in [0.3, 0.4) is 0 Å². The molecule has 2 fully saturated rings. The van der Waals surface area contributed by atoms with E-state index in [1.54, 1.807) is 0 Å². The Morgan fingerprint density at radius 2 is 1.47 bits per heavy atom. The van der Waals surface area contributed by atoms with Crippen molar-refractivity contribution >= 4 is 36.2 Å². The zero-order valence-corrected chi connectivity index (χ0v) is 23.1. The highest BCUT2D eigenvalue weighted by atomic mass is 35.5. The van der Waals surface area contributed by atoms with Gasteiger partial charge in [0, 0.05) is 42.1 Å². The second kappa shape index (κ2) is 12.3. The number of benzene rings is 2. The SMILES string of the molecule is CB(O)N1CCC(CC(=O)N2CCN(C(c3ccc(Cl)cc3)c3ccc(Cl)cc3)C[C@@H]2C(C)C)CC1. The average Bonchev–Trinajstić information content (AvgIpc) is 2.86. The number of piperidine rings is 1. The third-order valence-corrected chi connectivity index (χ3v) is 8.42. The molecule has 0 spiro atoms. The van der Waals surface area contributed by atoms with Crippen LogP contribution in [0.1, 0.15) is 50.3 Å². The first-order valence-corrected chi connectivity index (χ1v) is 13.9. The summed E-state index contributed by atoms with van der Waals surface area (Å²) >= 11 is 12.4. The van der Waals surface area contributed by atoms with Crippen molar-refractivity contribution in [1.29, 1.82) is 0 Å². The number of amides is 1. The van der Waals surface area contributed by atoms with Gasteiger partial charge in [0.25, 0.3) is 0 Å². The van der Waals surface area contributed by atoms with E-state index in [4.69, 9.17) is 23.2 Å². The average molecular weight is 530 g/mol. The molecule has 4 rings (SSSR count). The minimum Gasteiger partial charge on any atom is -0.437 e. The molecule has 2 aromatic carbocycles. The quantitative estimate of drug-likeness (QED) is 0.483. The van der Waals surface area contributed by atoms with Gasteiger partial charge >= 0.3 is 7.05 Å². The van der Waals surface area contributed by atoms with Crippen LogP contribution in [0.25, 0.3) is 0 Å². The van der Waals surface area contributed by atoms with E-state index in [1.807, 2.05) is 31.1 Å². The van der Waals surface area contributed by atoms with Gasteiger partial charge in [-0.1, -0.05) is 61.3 Å². The van der Waals surface area contributed by atoms with Crippen LogP contribution in [0.5, 0.6) is 0 Å². The molecule has 1 atom stereocenters. The third-order valence-electron chi connectivity index (χ3n) is 7.92. The normalized spacial score (nSPS) is 20.3. The van der Waals surface area contributed by atoms with Crippen LogP contribution in [0.15, 0.2) is 48.5 Å². The summed E-state index contributed by atoms with van der Waals surface area (Å²) in [5.74, 6) is 1.03. The summed E-state index contributed by atoms with van der Waals surface area (Å²) in [6, 6.07) is 16.4. The summed E-state index contributed by atoms with van der Waals surface area (Å²) < 4.78 is 0. The van der Waals surface area contributed by atoms with Gasteiger partial charge in [-0.05, 0) is 80.0 Å². The number of nitrogens with zero attached hydrogens (tertiary/aromatic N) is 3. The molecule has 8 heteroatoms. The topological polar surface area (TPSA) is 47.0 Å². The molecular weight excluding hydrogens is 492 g/mol. The number of carbonyl (C=O) groups is 1. The van der Waals surface area contributed by atoms with Gasteiger partial charge in [0.15, 0.2) is 0 Å². The van der Waals surface area contributed by atoms with E-state index >= 15 is 0 Å². The first-order valence-electron chi connectivity index (χ1n) is 13.2. The van der Waals surface area contributed by atoms with E-state index in [0.29, 0.717) is 18.3 Å². The van der Waals surface area contributed by atoms with Crippen molar-refractivity contribution in [2.45, 2.75) is 52.0 Å². The highest BCUT2D eigenvalue weighted by Crippen LogP contribution is 2.34. The van der Waals surface area contributed by atoms with Crippen LogP contribution in [0, 0.1) is 11.8 Å². The van der Waals surface area contributed by atoms with Gasteiger partial charge in [-0.2, -0.15) is 0 Å². The molecule has 0 aromatic heterocycles. The summed E-state index contributed by atoms with van der Waals surface area (Å²) in [5, 5.41) is 11.3. The lowest BCUT2D eigenvalue weighted by Gasteiger charge is -2.47. The molecule has 0 saturated carbocycles. The Balaban J connectivity index is 1.49. The molecular formula is C28H38BCl2N3O2. The molecule has 0 radical (unpaired) electrons. The number of hydrogen-bond donors (Lipinski definition) is 1. The van der Waals surface area contributed by atoms with E-state index in [9.17, 15) is 9.82 Å². The molecule has 0 bridgehead atoms. The van der Waals surface area contributed by atoms with Gasteiger partial charge < -0.3 is 14.7 Å². The number of piperazine rings is 1. The summed E-state index contributed by atoms with van der Waals surface area (Å²) in [4.78, 5) is 20.2. The summed E-state index contributed by atoms with van der Waals surface area (Å²) in [5.41, 5.74) is 2.38. The van der Waals surface area contributed by atoms with Crippen molar-refractivity contribution in [3.8, 4) is 0 Å². The molecule has 0 unspecified atom stereocenters. The van der Waals surface area contributed by atoms with Crippen molar-refractivity contribution in [3.63, 3.8) is 0 Å². The standard InChI is InChI=1S/C28H38BCl2N3O2/c1-20(2)26-19-32(16-17-34(26)27(35)18-21-12-14-33(15-13-21)29(3)36)28(22-4-8-24(30)9-5-22)23-6-10-25(31)11-7-23/h4-11,20-21,26,28,36H,12-19H2,1-3H3/t26-/m1/s1. The van der Waals surface area contributed by atoms with Crippen molar-refractivity contribution in [2.75, 3.05) is 32.7 Å². The van der Waals surface area contributed by atoms with Crippen molar-refractivity contribution in [1.82, 2.24) is 14.6 Å². The van der Waals surface area contributed by atoms with Gasteiger partial charge in [0.1, 0.15) is 0 Å². The zero-order chi connectivity index (χ0) is 25.8. The fraction of sp³-hybridized carbons (Fsp3) is 0.536. The monoisotopic (exact) mass is 529 g/mol. The predicted octanol–water partition coefficient (Wildman–Crippen LogP) is 5.46. The summed E-state index contributed by atoms with van der Waals surface area (Å²) in [6.45, 7) is 10.3. The Kier molecular flexibility index (Phi) is 9.40. The van der Waals surface area contributed by atoms with Crippen LogP contribution in [-0.2, 0) is 4.79 Å². The fourth-order valence-electron chi connectivity index (χ4n) is 5.75. The highest BCUT2D eigenvalue weighted by Gasteiger charge is 2.37. The molecule has 1 amide bonds. The predicted molar refractivity (Wildman–Crippen MR) is 149 cm³/mol. The molecule has 2 aliphatic rings. The maximum Gasteiger partial charge on any atom is 0.376 e. The Bertz CT molecular complexity index is 949. The largest absolute Gasteiger partial charge is 0.437 e. The lowest BCUT2D eigenvalue weighted by atomic mass is 9.80. The Hall–Kier alpha value is -1.57. The van der Waals surface area contributed by atoms with Crippen LogP contribution in [-0.4, -0.2) is 71.4 Å². The van der Waals surface area contributed by atoms with Crippen molar-refractivity contribution in [3.05, 3.63) is 69.7 Å². The van der Waals surface area contributed by atoms with Gasteiger partial charge in [-0.15, -0.1) is 0 Å². The minimum atomic E-state index is -0.408. The van der Waals surface area contributed by atoms with E-state index in [0.717, 1.165) is 55.6 Å². The van der Waals surface area contributed by atoms with Gasteiger partial charge in [-0.3, -0.25) is 9.69 Å². The molecule has 2 aliphatic heterocycles. The molecule has 2 heterocycles. The molecule has 194 valence electrons. The Morgan fingerprint density at radius 1 is 0.944 bits per heavy atom. The maximum absolute atomic E-state index is 13.5. The maximum atomic E-state index is 13.5. The lowest BCUT2D eigenvalue weighted by molar-refractivity contribution is -0.139. The number of rotatable bonds is 7. The number of carbonyl (C=O) groups excluding carboxylic acids is 1. The van der Waals surface area contributed by atoms with Gasteiger partial charge in [0.05, 0.1) is 6.04 Å². The first kappa shape index (κ1) is 27.5. The smallest absolute Gasteiger partial charge is 0.376 e. The molecule has 2 aromatic rings. The molecule has 1 N–H and O–H groups in total. The highest BCUT2D eigenvalue weighted by molar-refractivity contribution is 6.45. The number of hydrogen-bond acceptors (Lipinski definition) is 4. The van der Waals surface area contributed by atoms with Crippen molar-refractivity contribution < 1.29 is 9.82 Å². The van der Waals surface area contributed by atoms with Crippen LogP contribution >= 0.6 is 23.2 Å². The lowest BCUT2D eigenvalue weighted by Crippen LogP contribution is -2.58. The van der Waals surface area contributed by atoms with Gasteiger partial charge in [-0.25, -0.2) is 0 Å². The van der Waals surface area contributed by atoms with Crippen molar-refractivity contribution in [2.24, 2.45) is 11.8 Å². The number of halogens is 2. The molecule has 5 nitrogen and oxygen atoms in total.